The standard InChI is InChI=1S/C16H20BrN3O3/c17-11-5-6-12-13(10-11)16(23)20(15(12)22)9-3-4-14(21)19-8-2-1-7-18/h5-6,10H,1-4,7-9,18H2,(H,19,21). The third-order valence-corrected chi connectivity index (χ3v) is 4.16. The van der Waals surface area contributed by atoms with Gasteiger partial charge < -0.3 is 11.1 Å². The van der Waals surface area contributed by atoms with Crippen molar-refractivity contribution in [2.45, 2.75) is 25.7 Å². The number of imide groups is 1. The molecule has 0 atom stereocenters. The Bertz CT molecular complexity index is 619. The number of benzene rings is 1. The molecule has 1 aliphatic rings. The first-order valence-electron chi connectivity index (χ1n) is 7.67. The second kappa shape index (κ2) is 8.21. The molecule has 6 nitrogen and oxygen atoms in total. The topological polar surface area (TPSA) is 92.5 Å². The van der Waals surface area contributed by atoms with Crippen molar-refractivity contribution in [3.8, 4) is 0 Å². The van der Waals surface area contributed by atoms with E-state index >= 15 is 0 Å². The number of amides is 3. The number of carbonyl (C=O) groups excluding carboxylic acids is 3. The van der Waals surface area contributed by atoms with Crippen molar-refractivity contribution in [1.82, 2.24) is 10.2 Å². The predicted octanol–water partition coefficient (Wildman–Crippen LogP) is 1.68. The first-order valence-corrected chi connectivity index (χ1v) is 8.46. The highest BCUT2D eigenvalue weighted by molar-refractivity contribution is 9.10. The SMILES string of the molecule is NCCCCNC(=O)CCCN1C(=O)c2ccc(Br)cc2C1=O. The van der Waals surface area contributed by atoms with E-state index in [2.05, 4.69) is 21.2 Å². The lowest BCUT2D eigenvalue weighted by atomic mass is 10.1. The lowest BCUT2D eigenvalue weighted by molar-refractivity contribution is -0.121. The van der Waals surface area contributed by atoms with Crippen LogP contribution in [0.15, 0.2) is 22.7 Å². The van der Waals surface area contributed by atoms with Crippen molar-refractivity contribution in [1.29, 1.82) is 0 Å². The second-order valence-electron chi connectivity index (χ2n) is 5.40. The molecule has 7 heteroatoms. The van der Waals surface area contributed by atoms with Crippen molar-refractivity contribution >= 4 is 33.7 Å². The molecule has 23 heavy (non-hydrogen) atoms. The van der Waals surface area contributed by atoms with Crippen LogP contribution in [0.25, 0.3) is 0 Å². The van der Waals surface area contributed by atoms with E-state index in [0.29, 0.717) is 37.1 Å². The van der Waals surface area contributed by atoms with E-state index in [1.54, 1.807) is 18.2 Å². The highest BCUT2D eigenvalue weighted by Gasteiger charge is 2.35. The van der Waals surface area contributed by atoms with Gasteiger partial charge in [-0.3, -0.25) is 19.3 Å². The third kappa shape index (κ3) is 4.39. The highest BCUT2D eigenvalue weighted by Crippen LogP contribution is 2.26. The number of hydrogen-bond donors (Lipinski definition) is 2. The third-order valence-electron chi connectivity index (χ3n) is 3.67. The van der Waals surface area contributed by atoms with Crippen LogP contribution in [0.5, 0.6) is 0 Å². The average Bonchev–Trinajstić information content (AvgIpc) is 2.76. The van der Waals surface area contributed by atoms with Gasteiger partial charge in [0.05, 0.1) is 11.1 Å². The molecule has 0 bridgehead atoms. The summed E-state index contributed by atoms with van der Waals surface area (Å²) in [4.78, 5) is 37.3. The number of nitrogens with two attached hydrogens (primary N) is 1. The first kappa shape index (κ1) is 17.6. The van der Waals surface area contributed by atoms with Gasteiger partial charge in [0.15, 0.2) is 0 Å². The largest absolute Gasteiger partial charge is 0.356 e. The average molecular weight is 382 g/mol. The highest BCUT2D eigenvalue weighted by atomic mass is 79.9. The van der Waals surface area contributed by atoms with Gasteiger partial charge >= 0.3 is 0 Å². The fourth-order valence-corrected chi connectivity index (χ4v) is 2.81. The number of rotatable bonds is 8. The van der Waals surface area contributed by atoms with Crippen LogP contribution in [-0.2, 0) is 4.79 Å². The maximum Gasteiger partial charge on any atom is 0.261 e. The lowest BCUT2D eigenvalue weighted by Gasteiger charge is -2.13. The van der Waals surface area contributed by atoms with Crippen molar-refractivity contribution in [2.24, 2.45) is 5.73 Å². The Morgan fingerprint density at radius 1 is 1.13 bits per heavy atom. The fourth-order valence-electron chi connectivity index (χ4n) is 2.45. The van der Waals surface area contributed by atoms with Gasteiger partial charge in [-0.05, 0) is 44.0 Å². The molecule has 0 unspecified atom stereocenters. The van der Waals surface area contributed by atoms with Crippen LogP contribution < -0.4 is 11.1 Å². The van der Waals surface area contributed by atoms with Crippen LogP contribution in [0.3, 0.4) is 0 Å². The van der Waals surface area contributed by atoms with Gasteiger partial charge in [0.2, 0.25) is 5.91 Å². The molecule has 0 saturated carbocycles. The second-order valence-corrected chi connectivity index (χ2v) is 6.32. The summed E-state index contributed by atoms with van der Waals surface area (Å²) in [6, 6.07) is 5.03. The summed E-state index contributed by atoms with van der Waals surface area (Å²) < 4.78 is 0.760. The minimum atomic E-state index is -0.297. The van der Waals surface area contributed by atoms with Crippen LogP contribution in [0, 0.1) is 0 Å². The van der Waals surface area contributed by atoms with Gasteiger partial charge in [-0.1, -0.05) is 15.9 Å². The molecule has 1 aliphatic heterocycles. The van der Waals surface area contributed by atoms with Gasteiger partial charge in [0.1, 0.15) is 0 Å². The molecule has 1 aromatic carbocycles. The van der Waals surface area contributed by atoms with Crippen molar-refractivity contribution in [2.75, 3.05) is 19.6 Å². The Labute approximate surface area is 143 Å². The Morgan fingerprint density at radius 3 is 2.61 bits per heavy atom. The zero-order valence-electron chi connectivity index (χ0n) is 12.8. The molecule has 0 saturated heterocycles. The predicted molar refractivity (Wildman–Crippen MR) is 90.0 cm³/mol. The lowest BCUT2D eigenvalue weighted by Crippen LogP contribution is -2.32. The number of carbonyl (C=O) groups is 3. The maximum absolute atomic E-state index is 12.3. The van der Waals surface area contributed by atoms with E-state index in [1.807, 2.05) is 0 Å². The van der Waals surface area contributed by atoms with Crippen molar-refractivity contribution in [3.05, 3.63) is 33.8 Å². The molecule has 3 amide bonds. The molecule has 0 radical (unpaired) electrons. The minimum absolute atomic E-state index is 0.0682. The summed E-state index contributed by atoms with van der Waals surface area (Å²) in [5, 5.41) is 2.80. The van der Waals surface area contributed by atoms with Crippen LogP contribution in [-0.4, -0.2) is 42.3 Å². The molecule has 124 valence electrons. The summed E-state index contributed by atoms with van der Waals surface area (Å²) in [6.07, 6.45) is 2.48. The van der Waals surface area contributed by atoms with Gasteiger partial charge in [0.25, 0.3) is 11.8 Å². The fraction of sp³-hybridized carbons (Fsp3) is 0.438. The van der Waals surface area contributed by atoms with Crippen molar-refractivity contribution < 1.29 is 14.4 Å². The number of nitrogens with one attached hydrogen (secondary N) is 1. The summed E-state index contributed by atoms with van der Waals surface area (Å²) in [5.41, 5.74) is 6.22. The zero-order chi connectivity index (χ0) is 16.8. The number of hydrogen-bond acceptors (Lipinski definition) is 4. The van der Waals surface area contributed by atoms with E-state index in [1.165, 1.54) is 4.90 Å². The summed E-state index contributed by atoms with van der Waals surface area (Å²) in [6.45, 7) is 1.48. The number of fused-ring (bicyclic) bond motifs is 1. The maximum atomic E-state index is 12.3. The molecule has 0 aromatic heterocycles. The van der Waals surface area contributed by atoms with Crippen molar-refractivity contribution in [3.63, 3.8) is 0 Å². The number of halogens is 1. The Morgan fingerprint density at radius 2 is 1.87 bits per heavy atom. The Hall–Kier alpha value is -1.73. The molecular formula is C16H20BrN3O3. The molecular weight excluding hydrogens is 362 g/mol. The van der Waals surface area contributed by atoms with Gasteiger partial charge in [-0.25, -0.2) is 0 Å². The molecule has 1 heterocycles. The smallest absolute Gasteiger partial charge is 0.261 e. The summed E-state index contributed by atoms with van der Waals surface area (Å²) >= 11 is 3.30. The zero-order valence-corrected chi connectivity index (χ0v) is 14.4. The Kier molecular flexibility index (Phi) is 6.29. The molecule has 2 rings (SSSR count). The first-order chi connectivity index (χ1) is 11.0. The van der Waals surface area contributed by atoms with E-state index in [-0.39, 0.29) is 24.3 Å². The van der Waals surface area contributed by atoms with Crippen LogP contribution >= 0.6 is 15.9 Å². The summed E-state index contributed by atoms with van der Waals surface area (Å²) in [5.74, 6) is -0.656. The monoisotopic (exact) mass is 381 g/mol. The Balaban J connectivity index is 1.80. The van der Waals surface area contributed by atoms with E-state index < -0.39 is 0 Å². The van der Waals surface area contributed by atoms with Gasteiger partial charge in [-0.2, -0.15) is 0 Å². The van der Waals surface area contributed by atoms with E-state index in [9.17, 15) is 14.4 Å². The quantitative estimate of drug-likeness (QED) is 0.529. The number of nitrogens with zero attached hydrogens (tertiary/aromatic N) is 1. The molecule has 3 N–H and O–H groups in total. The van der Waals surface area contributed by atoms with E-state index in [4.69, 9.17) is 5.73 Å². The van der Waals surface area contributed by atoms with Gasteiger partial charge in [-0.15, -0.1) is 0 Å². The van der Waals surface area contributed by atoms with E-state index in [0.717, 1.165) is 17.3 Å². The molecule has 0 spiro atoms. The van der Waals surface area contributed by atoms with Gasteiger partial charge in [0, 0.05) is 24.0 Å². The molecule has 1 aromatic rings. The van der Waals surface area contributed by atoms with Crippen LogP contribution in [0.1, 0.15) is 46.4 Å². The summed E-state index contributed by atoms with van der Waals surface area (Å²) in [7, 11) is 0. The molecule has 0 aliphatic carbocycles. The van der Waals surface area contributed by atoms with Crippen LogP contribution in [0.4, 0.5) is 0 Å². The normalized spacial score (nSPS) is 13.4. The number of unbranched alkanes of at least 4 members (excludes halogenated alkanes) is 1. The van der Waals surface area contributed by atoms with Crippen LogP contribution in [0.2, 0.25) is 0 Å². The minimum Gasteiger partial charge on any atom is -0.356 e. The molecule has 0 fully saturated rings.